The Labute approximate surface area is 104 Å². The molecule has 1 aromatic heterocycles. The molecule has 0 aliphatic heterocycles. The molecule has 2 nitrogen and oxygen atoms in total. The quantitative estimate of drug-likeness (QED) is 0.832. The normalized spacial score (nSPS) is 10.2. The van der Waals surface area contributed by atoms with Crippen molar-refractivity contribution < 1.29 is 0 Å². The molecule has 0 unspecified atom stereocenters. The molecule has 0 atom stereocenters. The van der Waals surface area contributed by atoms with Crippen LogP contribution in [0.2, 0.25) is 0 Å². The minimum atomic E-state index is 0.835. The lowest BCUT2D eigenvalue weighted by molar-refractivity contribution is 1.25. The summed E-state index contributed by atoms with van der Waals surface area (Å²) in [6, 6.07) is 12.1. The molecule has 0 saturated carbocycles. The van der Waals surface area contributed by atoms with Crippen molar-refractivity contribution in [3.05, 3.63) is 52.1 Å². The van der Waals surface area contributed by atoms with E-state index in [1.54, 1.807) is 0 Å². The number of halogens is 1. The van der Waals surface area contributed by atoms with E-state index in [0.29, 0.717) is 0 Å². The summed E-state index contributed by atoms with van der Waals surface area (Å²) in [7, 11) is 0. The predicted molar refractivity (Wildman–Crippen MR) is 71.1 cm³/mol. The summed E-state index contributed by atoms with van der Waals surface area (Å²) < 4.78 is 0.835. The standard InChI is InChI=1S/C13H13BrN2/c1-9-6-7-11(10(2)8-9)15-13-5-3-4-12(14)16-13/h3-8H,1-2H3,(H,15,16). The zero-order valence-electron chi connectivity index (χ0n) is 9.29. The summed E-state index contributed by atoms with van der Waals surface area (Å²) in [5.41, 5.74) is 3.59. The number of nitrogens with one attached hydrogen (secondary N) is 1. The topological polar surface area (TPSA) is 24.9 Å². The maximum Gasteiger partial charge on any atom is 0.131 e. The highest BCUT2D eigenvalue weighted by molar-refractivity contribution is 9.10. The van der Waals surface area contributed by atoms with E-state index in [4.69, 9.17) is 0 Å². The second-order valence-corrected chi connectivity index (χ2v) is 4.60. The Morgan fingerprint density at radius 2 is 1.94 bits per heavy atom. The van der Waals surface area contributed by atoms with Crippen LogP contribution in [-0.4, -0.2) is 4.98 Å². The maximum absolute atomic E-state index is 4.34. The Morgan fingerprint density at radius 3 is 2.62 bits per heavy atom. The van der Waals surface area contributed by atoms with Gasteiger partial charge in [0, 0.05) is 5.69 Å². The first kappa shape index (κ1) is 11.1. The van der Waals surface area contributed by atoms with E-state index in [2.05, 4.69) is 58.3 Å². The molecular formula is C13H13BrN2. The van der Waals surface area contributed by atoms with Crippen molar-refractivity contribution in [2.75, 3.05) is 5.32 Å². The van der Waals surface area contributed by atoms with E-state index >= 15 is 0 Å². The Hall–Kier alpha value is -1.35. The van der Waals surface area contributed by atoms with Crippen molar-refractivity contribution in [1.29, 1.82) is 0 Å². The van der Waals surface area contributed by atoms with Gasteiger partial charge < -0.3 is 5.32 Å². The number of aromatic nitrogens is 1. The van der Waals surface area contributed by atoms with Gasteiger partial charge in [0.1, 0.15) is 10.4 Å². The average molecular weight is 277 g/mol. The van der Waals surface area contributed by atoms with Gasteiger partial charge in [-0.25, -0.2) is 4.98 Å². The van der Waals surface area contributed by atoms with Gasteiger partial charge in [-0.15, -0.1) is 0 Å². The molecule has 0 aliphatic carbocycles. The molecule has 1 N–H and O–H groups in total. The highest BCUT2D eigenvalue weighted by Crippen LogP contribution is 2.21. The molecule has 0 radical (unpaired) electrons. The minimum absolute atomic E-state index is 0.835. The third-order valence-electron chi connectivity index (χ3n) is 2.36. The largest absolute Gasteiger partial charge is 0.340 e. The van der Waals surface area contributed by atoms with Crippen LogP contribution in [0.5, 0.6) is 0 Å². The summed E-state index contributed by atoms with van der Waals surface area (Å²) in [5.74, 6) is 0.848. The fourth-order valence-electron chi connectivity index (χ4n) is 1.57. The van der Waals surface area contributed by atoms with E-state index in [-0.39, 0.29) is 0 Å². The molecule has 16 heavy (non-hydrogen) atoms. The van der Waals surface area contributed by atoms with Crippen molar-refractivity contribution >= 4 is 27.4 Å². The smallest absolute Gasteiger partial charge is 0.131 e. The van der Waals surface area contributed by atoms with Crippen LogP contribution in [0, 0.1) is 13.8 Å². The molecular weight excluding hydrogens is 264 g/mol. The van der Waals surface area contributed by atoms with Crippen molar-refractivity contribution in [3.63, 3.8) is 0 Å². The fraction of sp³-hybridized carbons (Fsp3) is 0.154. The van der Waals surface area contributed by atoms with Crippen LogP contribution in [0.15, 0.2) is 41.0 Å². The Bertz CT molecular complexity index is 509. The molecule has 0 spiro atoms. The molecule has 0 bridgehead atoms. The molecule has 0 aliphatic rings. The fourth-order valence-corrected chi connectivity index (χ4v) is 1.91. The second-order valence-electron chi connectivity index (χ2n) is 3.79. The van der Waals surface area contributed by atoms with Crippen LogP contribution >= 0.6 is 15.9 Å². The SMILES string of the molecule is Cc1ccc(Nc2cccc(Br)n2)c(C)c1. The maximum atomic E-state index is 4.34. The van der Waals surface area contributed by atoms with Crippen molar-refractivity contribution in [2.24, 2.45) is 0 Å². The first-order valence-corrected chi connectivity index (χ1v) is 5.91. The lowest BCUT2D eigenvalue weighted by atomic mass is 10.1. The highest BCUT2D eigenvalue weighted by Gasteiger charge is 2.00. The number of anilines is 2. The Kier molecular flexibility index (Phi) is 3.25. The average Bonchev–Trinajstić information content (AvgIpc) is 2.22. The Balaban J connectivity index is 2.27. The molecule has 0 fully saturated rings. The number of pyridine rings is 1. The number of hydrogen-bond acceptors (Lipinski definition) is 2. The Morgan fingerprint density at radius 1 is 1.12 bits per heavy atom. The second kappa shape index (κ2) is 4.66. The lowest BCUT2D eigenvalue weighted by Gasteiger charge is -2.09. The third-order valence-corrected chi connectivity index (χ3v) is 2.80. The predicted octanol–water partition coefficient (Wildman–Crippen LogP) is 4.20. The molecule has 2 rings (SSSR count). The van der Waals surface area contributed by atoms with Crippen LogP contribution in [-0.2, 0) is 0 Å². The minimum Gasteiger partial charge on any atom is -0.340 e. The monoisotopic (exact) mass is 276 g/mol. The van der Waals surface area contributed by atoms with Crippen LogP contribution in [0.3, 0.4) is 0 Å². The number of nitrogens with zero attached hydrogens (tertiary/aromatic N) is 1. The zero-order valence-corrected chi connectivity index (χ0v) is 10.9. The van der Waals surface area contributed by atoms with Crippen molar-refractivity contribution in [3.8, 4) is 0 Å². The summed E-state index contributed by atoms with van der Waals surface area (Å²) in [5, 5.41) is 3.30. The van der Waals surface area contributed by atoms with Crippen LogP contribution < -0.4 is 5.32 Å². The van der Waals surface area contributed by atoms with E-state index in [0.717, 1.165) is 16.1 Å². The summed E-state index contributed by atoms with van der Waals surface area (Å²) in [4.78, 5) is 4.34. The molecule has 0 amide bonds. The first-order valence-electron chi connectivity index (χ1n) is 5.12. The molecule has 82 valence electrons. The number of rotatable bonds is 2. The van der Waals surface area contributed by atoms with Gasteiger partial charge in [-0.05, 0) is 53.5 Å². The van der Waals surface area contributed by atoms with Gasteiger partial charge in [0.05, 0.1) is 0 Å². The molecule has 1 aromatic carbocycles. The molecule has 0 saturated heterocycles. The van der Waals surface area contributed by atoms with Gasteiger partial charge in [0.15, 0.2) is 0 Å². The summed E-state index contributed by atoms with van der Waals surface area (Å²) in [6.45, 7) is 4.18. The van der Waals surface area contributed by atoms with Gasteiger partial charge in [-0.2, -0.15) is 0 Å². The van der Waals surface area contributed by atoms with E-state index in [1.807, 2.05) is 18.2 Å². The van der Waals surface area contributed by atoms with E-state index in [9.17, 15) is 0 Å². The van der Waals surface area contributed by atoms with E-state index in [1.165, 1.54) is 11.1 Å². The van der Waals surface area contributed by atoms with Crippen LogP contribution in [0.1, 0.15) is 11.1 Å². The van der Waals surface area contributed by atoms with Gasteiger partial charge >= 0.3 is 0 Å². The van der Waals surface area contributed by atoms with Crippen molar-refractivity contribution in [2.45, 2.75) is 13.8 Å². The number of hydrogen-bond donors (Lipinski definition) is 1. The van der Waals surface area contributed by atoms with Gasteiger partial charge in [0.25, 0.3) is 0 Å². The van der Waals surface area contributed by atoms with Crippen LogP contribution in [0.25, 0.3) is 0 Å². The van der Waals surface area contributed by atoms with Crippen molar-refractivity contribution in [1.82, 2.24) is 4.98 Å². The summed E-state index contributed by atoms with van der Waals surface area (Å²) in [6.07, 6.45) is 0. The first-order chi connectivity index (χ1) is 7.65. The van der Waals surface area contributed by atoms with Gasteiger partial charge in [-0.3, -0.25) is 0 Å². The lowest BCUT2D eigenvalue weighted by Crippen LogP contribution is -1.95. The van der Waals surface area contributed by atoms with Crippen LogP contribution in [0.4, 0.5) is 11.5 Å². The van der Waals surface area contributed by atoms with Gasteiger partial charge in [-0.1, -0.05) is 23.8 Å². The van der Waals surface area contributed by atoms with E-state index < -0.39 is 0 Å². The van der Waals surface area contributed by atoms with Gasteiger partial charge in [0.2, 0.25) is 0 Å². The number of benzene rings is 1. The molecule has 1 heterocycles. The highest BCUT2D eigenvalue weighted by atomic mass is 79.9. The number of aryl methyl sites for hydroxylation is 2. The third kappa shape index (κ3) is 2.61. The zero-order chi connectivity index (χ0) is 11.5. The molecule has 3 heteroatoms. The molecule has 2 aromatic rings. The summed E-state index contributed by atoms with van der Waals surface area (Å²) >= 11 is 3.35.